The maximum atomic E-state index is 12.8. The monoisotopic (exact) mass is 446 g/mol. The van der Waals surface area contributed by atoms with E-state index in [-0.39, 0.29) is 40.5 Å². The Hall–Kier alpha value is -4.45. The minimum atomic E-state index is -0.604. The Kier molecular flexibility index (Phi) is 7.20. The number of ether oxygens (including phenoxy) is 1. The molecule has 0 atom stereocenters. The molecule has 2 aromatic carbocycles. The Morgan fingerprint density at radius 3 is 2.64 bits per heavy atom. The van der Waals surface area contributed by atoms with Crippen LogP contribution in [0, 0.1) is 28.4 Å². The van der Waals surface area contributed by atoms with Gasteiger partial charge in [-0.3, -0.25) is 19.5 Å². The van der Waals surface area contributed by atoms with Crippen LogP contribution in [0.25, 0.3) is 0 Å². The van der Waals surface area contributed by atoms with Gasteiger partial charge in [0.15, 0.2) is 0 Å². The molecule has 0 unspecified atom stereocenters. The molecule has 168 valence electrons. The number of nitro groups is 1. The number of aliphatic imine (C=N–C) groups is 1. The molecular weight excluding hydrogens is 424 g/mol. The molecule has 0 aliphatic carbocycles. The minimum absolute atomic E-state index is 0.0443. The van der Waals surface area contributed by atoms with Gasteiger partial charge in [0, 0.05) is 12.8 Å². The molecule has 1 heterocycles. The van der Waals surface area contributed by atoms with Crippen LogP contribution in [0.2, 0.25) is 0 Å². The van der Waals surface area contributed by atoms with E-state index in [4.69, 9.17) is 4.74 Å². The molecule has 0 saturated heterocycles. The molecule has 9 heteroatoms. The molecule has 0 fully saturated rings. The molecule has 33 heavy (non-hydrogen) atoms. The van der Waals surface area contributed by atoms with Crippen molar-refractivity contribution in [3.63, 3.8) is 0 Å². The summed E-state index contributed by atoms with van der Waals surface area (Å²) in [6.07, 6.45) is 1.69. The van der Waals surface area contributed by atoms with Gasteiger partial charge in [-0.2, -0.15) is 5.26 Å². The number of hydrogen-bond donors (Lipinski definition) is 1. The number of pyridine rings is 1. The molecule has 0 saturated carbocycles. The maximum Gasteiger partial charge on any atom is 0.298 e. The van der Waals surface area contributed by atoms with Crippen LogP contribution < -0.4 is 10.3 Å². The van der Waals surface area contributed by atoms with Crippen LogP contribution in [0.15, 0.2) is 58.3 Å². The zero-order valence-corrected chi connectivity index (χ0v) is 18.2. The topological polar surface area (TPSA) is 131 Å². The fraction of sp³-hybridized carbons (Fsp3) is 0.208. The van der Waals surface area contributed by atoms with Crippen molar-refractivity contribution in [2.75, 3.05) is 6.61 Å². The fourth-order valence-electron chi connectivity index (χ4n) is 3.37. The third kappa shape index (κ3) is 5.07. The van der Waals surface area contributed by atoms with E-state index >= 15 is 0 Å². The first-order valence-electron chi connectivity index (χ1n) is 10.2. The number of aromatic hydroxyl groups is 1. The van der Waals surface area contributed by atoms with Gasteiger partial charge >= 0.3 is 0 Å². The predicted octanol–water partition coefficient (Wildman–Crippen LogP) is 4.03. The zero-order chi connectivity index (χ0) is 24.0. The van der Waals surface area contributed by atoms with Gasteiger partial charge in [0.05, 0.1) is 23.2 Å². The summed E-state index contributed by atoms with van der Waals surface area (Å²) in [6.45, 7) is 3.79. The van der Waals surface area contributed by atoms with E-state index in [1.54, 1.807) is 13.0 Å². The minimum Gasteiger partial charge on any atom is -0.494 e. The van der Waals surface area contributed by atoms with Gasteiger partial charge in [0.25, 0.3) is 11.2 Å². The van der Waals surface area contributed by atoms with Crippen LogP contribution in [0.3, 0.4) is 0 Å². The van der Waals surface area contributed by atoms with Gasteiger partial charge in [-0.05, 0) is 43.5 Å². The maximum absolute atomic E-state index is 12.8. The van der Waals surface area contributed by atoms with Gasteiger partial charge in [-0.15, -0.1) is 0 Å². The third-order valence-corrected chi connectivity index (χ3v) is 5.10. The van der Waals surface area contributed by atoms with Gasteiger partial charge in [-0.1, -0.05) is 30.3 Å². The van der Waals surface area contributed by atoms with Crippen LogP contribution in [-0.2, 0) is 13.0 Å². The van der Waals surface area contributed by atoms with Crippen LogP contribution in [-0.4, -0.2) is 27.4 Å². The Bertz CT molecular complexity index is 1310. The van der Waals surface area contributed by atoms with Crippen LogP contribution >= 0.6 is 0 Å². The number of nitro benzene ring substituents is 1. The van der Waals surface area contributed by atoms with E-state index in [9.17, 15) is 25.3 Å². The lowest BCUT2D eigenvalue weighted by atomic mass is 10.1. The Labute approximate surface area is 190 Å². The second-order valence-electron chi connectivity index (χ2n) is 7.14. The molecule has 9 nitrogen and oxygen atoms in total. The molecule has 0 aliphatic rings. The van der Waals surface area contributed by atoms with Crippen LogP contribution in [0.1, 0.15) is 29.2 Å². The SMILES string of the molecule is CCOc1ccc(N=Cc2c(C)c(C#N)c(=O)n(CCc3ccccc3)c2O)c([N+](=O)[O-])c1. The van der Waals surface area contributed by atoms with Gasteiger partial charge in [0.2, 0.25) is 5.88 Å². The van der Waals surface area contributed by atoms with Crippen molar-refractivity contribution in [2.45, 2.75) is 26.8 Å². The van der Waals surface area contributed by atoms with Gasteiger partial charge < -0.3 is 9.84 Å². The largest absolute Gasteiger partial charge is 0.494 e. The van der Waals surface area contributed by atoms with E-state index in [1.807, 2.05) is 36.4 Å². The number of hydrogen-bond acceptors (Lipinski definition) is 7. The average molecular weight is 446 g/mol. The van der Waals surface area contributed by atoms with Crippen molar-refractivity contribution in [1.29, 1.82) is 5.26 Å². The molecule has 1 aromatic heterocycles. The summed E-state index contributed by atoms with van der Waals surface area (Å²) < 4.78 is 6.42. The highest BCUT2D eigenvalue weighted by molar-refractivity contribution is 5.88. The molecule has 3 aromatic rings. The van der Waals surface area contributed by atoms with E-state index in [1.165, 1.54) is 25.3 Å². The summed E-state index contributed by atoms with van der Waals surface area (Å²) in [6, 6.07) is 15.6. The number of nitriles is 1. The van der Waals surface area contributed by atoms with E-state index in [0.29, 0.717) is 18.8 Å². The van der Waals surface area contributed by atoms with Crippen molar-refractivity contribution in [3.05, 3.63) is 91.3 Å². The second kappa shape index (κ2) is 10.2. The van der Waals surface area contributed by atoms with Crippen molar-refractivity contribution in [2.24, 2.45) is 4.99 Å². The molecule has 0 aliphatic heterocycles. The predicted molar refractivity (Wildman–Crippen MR) is 123 cm³/mol. The molecule has 0 radical (unpaired) electrons. The lowest BCUT2D eigenvalue weighted by Gasteiger charge is -2.14. The van der Waals surface area contributed by atoms with E-state index < -0.39 is 10.5 Å². The molecule has 0 bridgehead atoms. The van der Waals surface area contributed by atoms with E-state index in [2.05, 4.69) is 4.99 Å². The Morgan fingerprint density at radius 2 is 2.00 bits per heavy atom. The van der Waals surface area contributed by atoms with Crippen molar-refractivity contribution in [3.8, 4) is 17.7 Å². The summed E-state index contributed by atoms with van der Waals surface area (Å²) in [5.74, 6) is -0.0202. The van der Waals surface area contributed by atoms with Crippen LogP contribution in [0.4, 0.5) is 11.4 Å². The van der Waals surface area contributed by atoms with Gasteiger partial charge in [0.1, 0.15) is 23.1 Å². The zero-order valence-electron chi connectivity index (χ0n) is 18.2. The number of aromatic nitrogens is 1. The summed E-state index contributed by atoms with van der Waals surface area (Å²) in [5, 5.41) is 31.8. The highest BCUT2D eigenvalue weighted by Gasteiger charge is 2.19. The summed E-state index contributed by atoms with van der Waals surface area (Å²) in [5.41, 5.74) is 0.394. The molecule has 3 rings (SSSR count). The number of rotatable bonds is 8. The van der Waals surface area contributed by atoms with Crippen LogP contribution in [0.5, 0.6) is 11.6 Å². The first-order valence-corrected chi connectivity index (χ1v) is 10.2. The average Bonchev–Trinajstić information content (AvgIpc) is 2.80. The molecule has 0 spiro atoms. The summed E-state index contributed by atoms with van der Waals surface area (Å²) in [4.78, 5) is 27.8. The highest BCUT2D eigenvalue weighted by Crippen LogP contribution is 2.32. The third-order valence-electron chi connectivity index (χ3n) is 5.10. The smallest absolute Gasteiger partial charge is 0.298 e. The highest BCUT2D eigenvalue weighted by atomic mass is 16.6. The summed E-state index contributed by atoms with van der Waals surface area (Å²) in [7, 11) is 0. The lowest BCUT2D eigenvalue weighted by Crippen LogP contribution is -2.26. The molecule has 1 N–H and O–H groups in total. The van der Waals surface area contributed by atoms with Crippen molar-refractivity contribution >= 4 is 17.6 Å². The lowest BCUT2D eigenvalue weighted by molar-refractivity contribution is -0.384. The number of nitrogens with zero attached hydrogens (tertiary/aromatic N) is 4. The molecule has 0 amide bonds. The van der Waals surface area contributed by atoms with Crippen molar-refractivity contribution < 1.29 is 14.8 Å². The standard InChI is InChI=1S/C24H22N4O5/c1-3-33-18-9-10-21(22(13-18)28(31)32)26-15-20-16(2)19(14-25)23(29)27(24(20)30)12-11-17-7-5-4-6-8-17/h4-10,13,15,30H,3,11-12H2,1-2H3. The van der Waals surface area contributed by atoms with E-state index in [0.717, 1.165) is 10.1 Å². The van der Waals surface area contributed by atoms with Crippen molar-refractivity contribution in [1.82, 2.24) is 4.57 Å². The Morgan fingerprint density at radius 1 is 1.27 bits per heavy atom. The quantitative estimate of drug-likeness (QED) is 0.316. The second-order valence-corrected chi connectivity index (χ2v) is 7.14. The normalized spacial score (nSPS) is 10.8. The first-order chi connectivity index (χ1) is 15.9. The molecular formula is C24H22N4O5. The number of aryl methyl sites for hydroxylation is 1. The number of benzene rings is 2. The fourth-order valence-corrected chi connectivity index (χ4v) is 3.37. The van der Waals surface area contributed by atoms with Gasteiger partial charge in [-0.25, -0.2) is 4.99 Å². The summed E-state index contributed by atoms with van der Waals surface area (Å²) >= 11 is 0. The first kappa shape index (κ1) is 23.2. The Balaban J connectivity index is 2.04.